The lowest BCUT2D eigenvalue weighted by molar-refractivity contribution is -0.0898. The fourth-order valence-corrected chi connectivity index (χ4v) is 40.3. The zero-order chi connectivity index (χ0) is 14.1. The van der Waals surface area contributed by atoms with E-state index in [-0.39, 0.29) is 7.83 Å². The molecule has 1 fully saturated rings. The van der Waals surface area contributed by atoms with Gasteiger partial charge in [0.25, 0.3) is 0 Å². The lowest BCUT2D eigenvalue weighted by atomic mass is 10.7. The molecule has 0 amide bonds. The first kappa shape index (κ1) is 16.6. The summed E-state index contributed by atoms with van der Waals surface area (Å²) in [6.45, 7) is 23.4. The van der Waals surface area contributed by atoms with Crippen LogP contribution in [0.1, 0.15) is 27.7 Å². The van der Waals surface area contributed by atoms with Crippen molar-refractivity contribution in [1.29, 1.82) is 0 Å². The molecule has 0 aromatic rings. The number of rotatable bonds is 4. The van der Waals surface area contributed by atoms with Gasteiger partial charge in [-0.15, -0.1) is 0 Å². The summed E-state index contributed by atoms with van der Waals surface area (Å²) in [6.07, 6.45) is 0. The van der Waals surface area contributed by atoms with E-state index in [4.69, 9.17) is 0 Å². The second-order valence-corrected chi connectivity index (χ2v) is 27.5. The Hall–Kier alpha value is 0.531. The van der Waals surface area contributed by atoms with Gasteiger partial charge < -0.3 is 0 Å². The van der Waals surface area contributed by atoms with Crippen LogP contribution in [0, 0.1) is 0 Å². The van der Waals surface area contributed by atoms with Crippen molar-refractivity contribution < 1.29 is 0 Å². The highest BCUT2D eigenvalue weighted by molar-refractivity contribution is 7.59. The fraction of sp³-hybridized carbons (Fsp3) is 1.00. The minimum Gasteiger partial charge on any atom is -0.255 e. The van der Waals surface area contributed by atoms with Gasteiger partial charge in [0.1, 0.15) is 15.5 Å². The van der Waals surface area contributed by atoms with Crippen LogP contribution in [0.5, 0.6) is 0 Å². The molecular weight excluding hydrogens is 270 g/mol. The second kappa shape index (κ2) is 5.89. The first-order valence-electron chi connectivity index (χ1n) is 7.48. The molecule has 18 heavy (non-hydrogen) atoms. The van der Waals surface area contributed by atoms with Crippen LogP contribution in [0.2, 0.25) is 32.2 Å². The molecule has 0 aromatic heterocycles. The molecule has 0 spiro atoms. The third-order valence-electron chi connectivity index (χ3n) is 4.56. The molecule has 1 aliphatic heterocycles. The van der Waals surface area contributed by atoms with Crippen LogP contribution in [-0.4, -0.2) is 57.4 Å². The summed E-state index contributed by atoms with van der Waals surface area (Å²) >= 11 is 0. The van der Waals surface area contributed by atoms with Crippen LogP contribution in [0.15, 0.2) is 0 Å². The Bertz CT molecular complexity index is 260. The topological polar surface area (TPSA) is 9.72 Å². The first-order chi connectivity index (χ1) is 8.28. The Morgan fingerprint density at radius 2 is 1.11 bits per heavy atom. The van der Waals surface area contributed by atoms with E-state index in [1.807, 2.05) is 0 Å². The standard InChI is InChI=1S/C12H32N3Si3/c1-9-13-14(10-2)17(5,6)16(12-4)18(7,8)15(13)11-3/h9-12H2,1-8H3. The van der Waals surface area contributed by atoms with E-state index in [1.54, 1.807) is 0 Å². The molecule has 0 N–H and O–H groups in total. The van der Waals surface area contributed by atoms with Crippen LogP contribution < -0.4 is 0 Å². The van der Waals surface area contributed by atoms with Gasteiger partial charge in [-0.25, -0.2) is 0 Å². The summed E-state index contributed by atoms with van der Waals surface area (Å²) in [5, 5.41) is 2.61. The second-order valence-electron chi connectivity index (χ2n) is 6.07. The molecule has 107 valence electrons. The van der Waals surface area contributed by atoms with E-state index in [0.29, 0.717) is 0 Å². The summed E-state index contributed by atoms with van der Waals surface area (Å²) in [5.74, 6) is 0. The molecule has 0 unspecified atom stereocenters. The molecule has 0 bridgehead atoms. The van der Waals surface area contributed by atoms with E-state index >= 15 is 0 Å². The van der Waals surface area contributed by atoms with Crippen molar-refractivity contribution in [2.45, 2.75) is 59.9 Å². The van der Waals surface area contributed by atoms with Crippen LogP contribution in [0.4, 0.5) is 0 Å². The molecule has 0 saturated carbocycles. The monoisotopic (exact) mass is 302 g/mol. The maximum Gasteiger partial charge on any atom is 0.129 e. The average molecular weight is 303 g/mol. The molecule has 1 rings (SSSR count). The lowest BCUT2D eigenvalue weighted by Crippen LogP contribution is -2.85. The maximum absolute atomic E-state index is 2.77. The third kappa shape index (κ3) is 2.43. The maximum atomic E-state index is 2.77. The van der Waals surface area contributed by atoms with E-state index in [1.165, 1.54) is 19.1 Å². The van der Waals surface area contributed by atoms with E-state index in [2.05, 4.69) is 68.3 Å². The van der Waals surface area contributed by atoms with Gasteiger partial charge in [-0.05, 0) is 6.92 Å². The van der Waals surface area contributed by atoms with E-state index in [9.17, 15) is 0 Å². The van der Waals surface area contributed by atoms with Crippen molar-refractivity contribution in [3.8, 4) is 0 Å². The summed E-state index contributed by atoms with van der Waals surface area (Å²) in [6, 6.07) is 1.45. The quantitative estimate of drug-likeness (QED) is 0.739. The van der Waals surface area contributed by atoms with Crippen LogP contribution in [-0.2, 0) is 0 Å². The zero-order valence-corrected chi connectivity index (χ0v) is 16.7. The van der Waals surface area contributed by atoms with Crippen molar-refractivity contribution in [3.05, 3.63) is 0 Å². The highest BCUT2D eigenvalue weighted by Crippen LogP contribution is 2.34. The molecule has 1 saturated heterocycles. The molecule has 0 atom stereocenters. The Kier molecular flexibility index (Phi) is 5.42. The SMILES string of the molecule is CCN1N(CC)[Si](C)(C)[Si](CC)[Si](C)(C)N1CC. The smallest absolute Gasteiger partial charge is 0.129 e. The van der Waals surface area contributed by atoms with E-state index < -0.39 is 15.5 Å². The molecule has 0 aliphatic carbocycles. The van der Waals surface area contributed by atoms with Crippen molar-refractivity contribution in [2.75, 3.05) is 19.6 Å². The van der Waals surface area contributed by atoms with Gasteiger partial charge in [-0.3, -0.25) is 9.35 Å². The highest BCUT2D eigenvalue weighted by Gasteiger charge is 2.57. The molecule has 3 nitrogen and oxygen atoms in total. The Labute approximate surface area is 117 Å². The van der Waals surface area contributed by atoms with Crippen molar-refractivity contribution in [3.63, 3.8) is 0 Å². The van der Waals surface area contributed by atoms with Crippen LogP contribution in [0.3, 0.4) is 0 Å². The minimum absolute atomic E-state index is 0.215. The average Bonchev–Trinajstić information content (AvgIpc) is 2.27. The molecule has 1 aliphatic rings. The number of hydrogen-bond acceptors (Lipinski definition) is 3. The lowest BCUT2D eigenvalue weighted by Gasteiger charge is -2.62. The number of hydrogen-bond donors (Lipinski definition) is 0. The Morgan fingerprint density at radius 1 is 0.722 bits per heavy atom. The minimum atomic E-state index is -1.25. The van der Waals surface area contributed by atoms with Crippen LogP contribution >= 0.6 is 0 Å². The first-order valence-corrected chi connectivity index (χ1v) is 17.1. The third-order valence-corrected chi connectivity index (χ3v) is 35.4. The Morgan fingerprint density at radius 3 is 1.33 bits per heavy atom. The summed E-state index contributed by atoms with van der Waals surface area (Å²) in [7, 11) is -2.71. The van der Waals surface area contributed by atoms with Gasteiger partial charge in [0.2, 0.25) is 0 Å². The molecule has 1 radical (unpaired) electrons. The van der Waals surface area contributed by atoms with Crippen LogP contribution in [0.25, 0.3) is 0 Å². The van der Waals surface area contributed by atoms with Crippen molar-refractivity contribution in [2.24, 2.45) is 0 Å². The number of hydrazine groups is 2. The molecule has 0 aromatic carbocycles. The predicted octanol–water partition coefficient (Wildman–Crippen LogP) is 2.88. The predicted molar refractivity (Wildman–Crippen MR) is 88.3 cm³/mol. The summed E-state index contributed by atoms with van der Waals surface area (Å²) in [5.41, 5.74) is 0. The van der Waals surface area contributed by atoms with Gasteiger partial charge in [-0.2, -0.15) is 5.12 Å². The molecular formula is C12H32N3Si3. The molecule has 6 heteroatoms. The van der Waals surface area contributed by atoms with Gasteiger partial charge >= 0.3 is 0 Å². The number of nitrogens with zero attached hydrogens (tertiary/aromatic N) is 3. The van der Waals surface area contributed by atoms with Crippen molar-refractivity contribution >= 4 is 23.3 Å². The Balaban J connectivity index is 3.26. The van der Waals surface area contributed by atoms with Gasteiger partial charge in [0, 0.05) is 19.6 Å². The zero-order valence-electron chi connectivity index (χ0n) is 13.7. The largest absolute Gasteiger partial charge is 0.255 e. The van der Waals surface area contributed by atoms with E-state index in [0.717, 1.165) is 6.54 Å². The van der Waals surface area contributed by atoms with Gasteiger partial charge in [-0.1, -0.05) is 53.0 Å². The summed E-state index contributed by atoms with van der Waals surface area (Å²) in [4.78, 5) is 0. The van der Waals surface area contributed by atoms with Gasteiger partial charge in [0.05, 0.1) is 7.83 Å². The normalized spacial score (nSPS) is 26.7. The van der Waals surface area contributed by atoms with Crippen molar-refractivity contribution in [1.82, 2.24) is 14.5 Å². The highest BCUT2D eigenvalue weighted by atomic mass is 29.6. The fourth-order valence-electron chi connectivity index (χ4n) is 4.09. The molecule has 1 heterocycles. The summed E-state index contributed by atoms with van der Waals surface area (Å²) < 4.78 is 5.54. The van der Waals surface area contributed by atoms with Gasteiger partial charge in [0.15, 0.2) is 0 Å².